The van der Waals surface area contributed by atoms with Crippen LogP contribution in [0.1, 0.15) is 11.3 Å². The van der Waals surface area contributed by atoms with Gasteiger partial charge in [-0.3, -0.25) is 4.79 Å². The molecule has 0 amide bonds. The summed E-state index contributed by atoms with van der Waals surface area (Å²) in [6.07, 6.45) is 1.30. The van der Waals surface area contributed by atoms with E-state index in [0.29, 0.717) is 11.1 Å². The van der Waals surface area contributed by atoms with Crippen molar-refractivity contribution in [1.29, 1.82) is 0 Å². The molecule has 0 fully saturated rings. The standard InChI is InChI=1S/C16H10FNO2S/c17-11-7-5-10(6-8-11)14(19)9-13-16(20)21-15-4-2-1-3-12(15)18-13/h1-9,19H/b14-9-. The molecule has 3 rings (SSSR count). The molecule has 0 aliphatic heterocycles. The molecule has 5 heteroatoms. The molecule has 0 unspecified atom stereocenters. The van der Waals surface area contributed by atoms with E-state index in [1.807, 2.05) is 18.2 Å². The van der Waals surface area contributed by atoms with Gasteiger partial charge in [-0.05, 0) is 36.4 Å². The summed E-state index contributed by atoms with van der Waals surface area (Å²) >= 11 is 1.07. The first kappa shape index (κ1) is 13.5. The Kier molecular flexibility index (Phi) is 3.50. The van der Waals surface area contributed by atoms with Crippen molar-refractivity contribution in [2.24, 2.45) is 0 Å². The van der Waals surface area contributed by atoms with Gasteiger partial charge in [0.15, 0.2) is 0 Å². The smallest absolute Gasteiger partial charge is 0.258 e. The Labute approximate surface area is 123 Å². The molecule has 3 aromatic rings. The van der Waals surface area contributed by atoms with Crippen molar-refractivity contribution >= 4 is 33.4 Å². The topological polar surface area (TPSA) is 50.2 Å². The van der Waals surface area contributed by atoms with E-state index in [0.717, 1.165) is 16.0 Å². The van der Waals surface area contributed by atoms with Gasteiger partial charge in [0.2, 0.25) is 0 Å². The Bertz CT molecular complexity index is 885. The van der Waals surface area contributed by atoms with Crippen molar-refractivity contribution in [3.63, 3.8) is 0 Å². The molecule has 0 radical (unpaired) electrons. The quantitative estimate of drug-likeness (QED) is 0.731. The number of para-hydroxylation sites is 1. The number of nitrogens with zero attached hydrogens (tertiary/aromatic N) is 1. The summed E-state index contributed by atoms with van der Waals surface area (Å²) in [5.41, 5.74) is 1.29. The van der Waals surface area contributed by atoms with Crippen LogP contribution in [0.2, 0.25) is 0 Å². The lowest BCUT2D eigenvalue weighted by Crippen LogP contribution is -2.03. The number of aromatic nitrogens is 1. The van der Waals surface area contributed by atoms with E-state index in [9.17, 15) is 14.3 Å². The second-order valence-electron chi connectivity index (χ2n) is 4.39. The van der Waals surface area contributed by atoms with Crippen molar-refractivity contribution in [2.75, 3.05) is 0 Å². The van der Waals surface area contributed by atoms with E-state index >= 15 is 0 Å². The SMILES string of the molecule is O=c1sc2ccccc2nc1/C=C(\O)c1ccc(F)cc1. The van der Waals surface area contributed by atoms with Crippen molar-refractivity contribution in [3.8, 4) is 0 Å². The van der Waals surface area contributed by atoms with E-state index in [4.69, 9.17) is 0 Å². The summed E-state index contributed by atoms with van der Waals surface area (Å²) in [6.45, 7) is 0. The first-order valence-corrected chi connectivity index (χ1v) is 7.01. The molecule has 0 saturated carbocycles. The third-order valence-corrected chi connectivity index (χ3v) is 3.89. The summed E-state index contributed by atoms with van der Waals surface area (Å²) in [5, 5.41) is 10.0. The summed E-state index contributed by atoms with van der Waals surface area (Å²) in [4.78, 5) is 16.2. The van der Waals surface area contributed by atoms with E-state index in [-0.39, 0.29) is 22.0 Å². The average Bonchev–Trinajstić information content (AvgIpc) is 2.48. The Hall–Kier alpha value is -2.53. The van der Waals surface area contributed by atoms with Crippen LogP contribution in [0.5, 0.6) is 0 Å². The van der Waals surface area contributed by atoms with Gasteiger partial charge >= 0.3 is 0 Å². The van der Waals surface area contributed by atoms with E-state index < -0.39 is 0 Å². The molecular weight excluding hydrogens is 289 g/mol. The maximum Gasteiger partial charge on any atom is 0.258 e. The average molecular weight is 299 g/mol. The van der Waals surface area contributed by atoms with Crippen LogP contribution in [0.25, 0.3) is 22.1 Å². The number of aliphatic hydroxyl groups is 1. The maximum absolute atomic E-state index is 12.9. The minimum absolute atomic E-state index is 0.123. The Balaban J connectivity index is 2.07. The number of halogens is 1. The Morgan fingerprint density at radius 3 is 2.62 bits per heavy atom. The van der Waals surface area contributed by atoms with Crippen LogP contribution < -0.4 is 4.74 Å². The van der Waals surface area contributed by atoms with Gasteiger partial charge in [0.05, 0.1) is 10.2 Å². The zero-order chi connectivity index (χ0) is 14.8. The predicted octanol–water partition coefficient (Wildman–Crippen LogP) is 3.85. The third-order valence-electron chi connectivity index (χ3n) is 2.93. The van der Waals surface area contributed by atoms with Crippen molar-refractivity contribution in [1.82, 2.24) is 4.98 Å². The first-order chi connectivity index (χ1) is 10.1. The highest BCUT2D eigenvalue weighted by molar-refractivity contribution is 7.16. The van der Waals surface area contributed by atoms with Gasteiger partial charge in [-0.25, -0.2) is 9.37 Å². The molecule has 0 aliphatic rings. The van der Waals surface area contributed by atoms with E-state index in [1.165, 1.54) is 30.3 Å². The fourth-order valence-corrected chi connectivity index (χ4v) is 2.66. The van der Waals surface area contributed by atoms with Crippen LogP contribution in [-0.2, 0) is 0 Å². The molecule has 1 heterocycles. The van der Waals surface area contributed by atoms with E-state index in [2.05, 4.69) is 4.98 Å². The second kappa shape index (κ2) is 5.46. The molecule has 0 bridgehead atoms. The maximum atomic E-state index is 12.9. The van der Waals surface area contributed by atoms with Gasteiger partial charge < -0.3 is 5.11 Å². The Morgan fingerprint density at radius 1 is 1.14 bits per heavy atom. The fraction of sp³-hybridized carbons (Fsp3) is 0. The number of rotatable bonds is 2. The molecule has 0 aliphatic carbocycles. The summed E-state index contributed by atoms with van der Waals surface area (Å²) < 4.78 is 13.4. The van der Waals surface area contributed by atoms with E-state index in [1.54, 1.807) is 6.07 Å². The van der Waals surface area contributed by atoms with Crippen LogP contribution in [0, 0.1) is 5.82 Å². The van der Waals surface area contributed by atoms with Crippen molar-refractivity contribution in [3.05, 3.63) is 75.1 Å². The molecule has 104 valence electrons. The van der Waals surface area contributed by atoms with Crippen LogP contribution in [0.3, 0.4) is 0 Å². The van der Waals surface area contributed by atoms with Gasteiger partial charge in [-0.1, -0.05) is 23.5 Å². The lowest BCUT2D eigenvalue weighted by molar-refractivity contribution is 0.515. The summed E-state index contributed by atoms with van der Waals surface area (Å²) in [6, 6.07) is 12.7. The zero-order valence-electron chi connectivity index (χ0n) is 10.8. The first-order valence-electron chi connectivity index (χ1n) is 6.20. The van der Waals surface area contributed by atoms with Crippen LogP contribution in [0.4, 0.5) is 4.39 Å². The predicted molar refractivity (Wildman–Crippen MR) is 82.8 cm³/mol. The minimum atomic E-state index is -0.387. The lowest BCUT2D eigenvalue weighted by Gasteiger charge is -2.01. The molecule has 3 nitrogen and oxygen atoms in total. The number of benzene rings is 2. The molecule has 1 aromatic heterocycles. The number of fused-ring (bicyclic) bond motifs is 1. The molecular formula is C16H10FNO2S. The summed E-state index contributed by atoms with van der Waals surface area (Å²) in [7, 11) is 0. The number of hydrogen-bond acceptors (Lipinski definition) is 4. The highest BCUT2D eigenvalue weighted by atomic mass is 32.1. The third kappa shape index (κ3) is 2.83. The normalized spacial score (nSPS) is 11.8. The summed E-state index contributed by atoms with van der Waals surface area (Å²) in [5.74, 6) is -0.510. The van der Waals surface area contributed by atoms with Gasteiger partial charge in [-0.15, -0.1) is 0 Å². The zero-order valence-corrected chi connectivity index (χ0v) is 11.6. The highest BCUT2D eigenvalue weighted by Crippen LogP contribution is 2.17. The lowest BCUT2D eigenvalue weighted by atomic mass is 10.1. The van der Waals surface area contributed by atoms with Crippen molar-refractivity contribution < 1.29 is 9.50 Å². The molecule has 0 spiro atoms. The van der Waals surface area contributed by atoms with Gasteiger partial charge in [-0.2, -0.15) is 0 Å². The van der Waals surface area contributed by atoms with Gasteiger partial charge in [0.1, 0.15) is 17.3 Å². The minimum Gasteiger partial charge on any atom is -0.507 e. The fourth-order valence-electron chi connectivity index (χ4n) is 1.89. The molecule has 0 atom stereocenters. The molecule has 0 saturated heterocycles. The van der Waals surface area contributed by atoms with Crippen LogP contribution in [-0.4, -0.2) is 10.1 Å². The van der Waals surface area contributed by atoms with Crippen molar-refractivity contribution in [2.45, 2.75) is 0 Å². The van der Waals surface area contributed by atoms with Crippen LogP contribution in [0.15, 0.2) is 53.3 Å². The van der Waals surface area contributed by atoms with Gasteiger partial charge in [0.25, 0.3) is 4.74 Å². The number of aliphatic hydroxyl groups excluding tert-OH is 1. The van der Waals surface area contributed by atoms with Gasteiger partial charge in [0, 0.05) is 11.6 Å². The second-order valence-corrected chi connectivity index (χ2v) is 5.41. The Morgan fingerprint density at radius 2 is 1.86 bits per heavy atom. The van der Waals surface area contributed by atoms with Crippen LogP contribution >= 0.6 is 11.3 Å². The monoisotopic (exact) mass is 299 g/mol. The molecule has 2 aromatic carbocycles. The molecule has 21 heavy (non-hydrogen) atoms. The number of hydrogen-bond donors (Lipinski definition) is 1. The molecule has 1 N–H and O–H groups in total. The highest BCUT2D eigenvalue weighted by Gasteiger charge is 2.06. The largest absolute Gasteiger partial charge is 0.507 e.